The van der Waals surface area contributed by atoms with Crippen molar-refractivity contribution >= 4 is 7.82 Å². The molecule has 0 aromatic carbocycles. The van der Waals surface area contributed by atoms with Crippen molar-refractivity contribution in [3.8, 4) is 0 Å². The van der Waals surface area contributed by atoms with E-state index in [1.54, 1.807) is 0 Å². The van der Waals surface area contributed by atoms with Crippen LogP contribution in [0.2, 0.25) is 0 Å². The average Bonchev–Trinajstić information content (AvgIpc) is 1.12. The molecule has 0 spiro atoms. The molecule has 0 aromatic heterocycles. The fraction of sp³-hybridized carbons (Fsp3) is 0. The van der Waals surface area contributed by atoms with Gasteiger partial charge in [0.1, 0.15) is 0 Å². The maximum absolute atomic E-state index is 8.88. The number of hydrogen-bond donors (Lipinski definition) is 3. The van der Waals surface area contributed by atoms with Crippen LogP contribution in [0.3, 0.4) is 0 Å². The summed E-state index contributed by atoms with van der Waals surface area (Å²) in [4.78, 5) is 21.6. The third-order valence-electron chi connectivity index (χ3n) is 0. The minimum absolute atomic E-state index is 4.64. The number of phosphoric acid groups is 1. The molecule has 0 bridgehead atoms. The molecule has 0 aliphatic heterocycles. The maximum atomic E-state index is 8.88. The summed E-state index contributed by atoms with van der Waals surface area (Å²) in [7, 11) is -4.64. The van der Waals surface area contributed by atoms with Crippen LogP contribution in [0.1, 0.15) is 0 Å². The topological polar surface area (TPSA) is 146 Å². The third-order valence-corrected chi connectivity index (χ3v) is 0. The quantitative estimate of drug-likeness (QED) is 0.451. The Labute approximate surface area is 56.7 Å². The van der Waals surface area contributed by atoms with Crippen molar-refractivity contribution in [3.05, 3.63) is 0 Å². The zero-order valence-corrected chi connectivity index (χ0v) is 7.62. The van der Waals surface area contributed by atoms with E-state index in [-0.39, 0.29) is 0 Å². The molecule has 0 heterocycles. The van der Waals surface area contributed by atoms with Crippen LogP contribution in [-0.2, 0) is 33.6 Å². The molecule has 0 amide bonds. The molecule has 64 valence electrons. The van der Waals surface area contributed by atoms with Crippen LogP contribution < -0.4 is 0 Å². The van der Waals surface area contributed by atoms with E-state index >= 15 is 0 Å². The van der Waals surface area contributed by atoms with Crippen LogP contribution in [0.25, 0.3) is 0 Å². The van der Waals surface area contributed by atoms with Gasteiger partial charge < -0.3 is 14.7 Å². The second kappa shape index (κ2) is 3.96. The molecule has 0 fully saturated rings. The fourth-order valence-electron chi connectivity index (χ4n) is 0. The first-order valence-corrected chi connectivity index (χ1v) is 7.07. The van der Waals surface area contributed by atoms with Gasteiger partial charge in [0.25, 0.3) is 0 Å². The predicted molar refractivity (Wildman–Crippen MR) is 17.0 cm³/mol. The summed E-state index contributed by atoms with van der Waals surface area (Å²) in [5, 5.41) is 0. The van der Waals surface area contributed by atoms with E-state index < -0.39 is 22.7 Å². The molecule has 3 N–H and O–H groups in total. The van der Waals surface area contributed by atoms with E-state index in [2.05, 4.69) is 0 Å². The molecule has 0 aliphatic rings. The van der Waals surface area contributed by atoms with Crippen molar-refractivity contribution in [2.45, 2.75) is 0 Å². The van der Waals surface area contributed by atoms with Crippen LogP contribution >= 0.6 is 7.82 Å². The van der Waals surface area contributed by atoms with Gasteiger partial charge in [-0.3, -0.25) is 0 Å². The van der Waals surface area contributed by atoms with Gasteiger partial charge in [0.05, 0.1) is 0 Å². The van der Waals surface area contributed by atoms with Gasteiger partial charge in [0.2, 0.25) is 0 Å². The second-order valence-electron chi connectivity index (χ2n) is 0.867. The average molecular weight is 352 g/mol. The Morgan fingerprint density at radius 1 is 0.900 bits per heavy atom. The molecule has 0 saturated carbocycles. The Balaban J connectivity index is 0. The molecule has 0 radical (unpaired) electrons. The van der Waals surface area contributed by atoms with E-state index in [1.165, 1.54) is 0 Å². The van der Waals surface area contributed by atoms with Crippen molar-refractivity contribution < 1.29 is 48.2 Å². The van der Waals surface area contributed by atoms with Crippen molar-refractivity contribution in [3.63, 3.8) is 0 Å². The normalized spacial score (nSPS) is 11.5. The van der Waals surface area contributed by atoms with Crippen LogP contribution in [0.15, 0.2) is 0 Å². The van der Waals surface area contributed by atoms with E-state index in [0.717, 1.165) is 0 Å². The van der Waals surface area contributed by atoms with Gasteiger partial charge in [-0.2, -0.15) is 0 Å². The Morgan fingerprint density at radius 3 is 0.900 bits per heavy atom. The molecule has 8 nitrogen and oxygen atoms in total. The zero-order valence-electron chi connectivity index (χ0n) is 4.18. The van der Waals surface area contributed by atoms with Crippen LogP contribution in [0, 0.1) is 0 Å². The summed E-state index contributed by atoms with van der Waals surface area (Å²) in [5.41, 5.74) is 0. The first-order valence-electron chi connectivity index (χ1n) is 1.36. The molecule has 0 atom stereocenters. The molecular weight excluding hydrogens is 349 g/mol. The van der Waals surface area contributed by atoms with Gasteiger partial charge in [-0.05, 0) is 0 Å². The summed E-state index contributed by atoms with van der Waals surface area (Å²) >= 11 is -6.06. The molecule has 10 heavy (non-hydrogen) atoms. The predicted octanol–water partition coefficient (Wildman–Crippen LogP) is -1.41. The SMILES string of the molecule is O=P(O)(O)O.[O]=[Os](=[O])(=[O])=[O]. The van der Waals surface area contributed by atoms with Crippen molar-refractivity contribution in [2.75, 3.05) is 0 Å². The minimum atomic E-state index is -6.06. The van der Waals surface area contributed by atoms with Crippen LogP contribution in [-0.4, -0.2) is 14.7 Å². The Bertz CT molecular complexity index is 270. The second-order valence-corrected chi connectivity index (χ2v) is 4.43. The summed E-state index contributed by atoms with van der Waals surface area (Å²) in [6.45, 7) is 0. The van der Waals surface area contributed by atoms with Crippen molar-refractivity contribution in [1.82, 2.24) is 0 Å². The third kappa shape index (κ3) is 133000. The van der Waals surface area contributed by atoms with Gasteiger partial charge in [-0.1, -0.05) is 0 Å². The van der Waals surface area contributed by atoms with Gasteiger partial charge in [-0.25, -0.2) is 4.57 Å². The Morgan fingerprint density at radius 2 is 0.900 bits per heavy atom. The summed E-state index contributed by atoms with van der Waals surface area (Å²) in [6, 6.07) is 0. The summed E-state index contributed by atoms with van der Waals surface area (Å²) in [6.07, 6.45) is 0. The van der Waals surface area contributed by atoms with Gasteiger partial charge in [-0.15, -0.1) is 0 Å². The number of hydrogen-bond acceptors (Lipinski definition) is 5. The first kappa shape index (κ1) is 12.6. The molecule has 10 heteroatoms. The molecule has 0 aliphatic carbocycles. The molecule has 0 rings (SSSR count). The van der Waals surface area contributed by atoms with E-state index in [9.17, 15) is 0 Å². The Hall–Kier alpha value is -0.0536. The Kier molecular flexibility index (Phi) is 4.99. The van der Waals surface area contributed by atoms with Crippen molar-refractivity contribution in [1.29, 1.82) is 0 Å². The van der Waals surface area contributed by atoms with Gasteiger partial charge in [0.15, 0.2) is 0 Å². The monoisotopic (exact) mass is 354 g/mol. The van der Waals surface area contributed by atoms with Crippen molar-refractivity contribution in [2.24, 2.45) is 0 Å². The van der Waals surface area contributed by atoms with E-state index in [4.69, 9.17) is 33.4 Å². The summed E-state index contributed by atoms with van der Waals surface area (Å²) < 4.78 is 43.4. The first-order chi connectivity index (χ1) is 4.00. The van der Waals surface area contributed by atoms with Crippen LogP contribution in [0.4, 0.5) is 0 Å². The summed E-state index contributed by atoms with van der Waals surface area (Å²) in [5.74, 6) is 0. The molecular formula is H3O8OsP. The fourth-order valence-corrected chi connectivity index (χ4v) is 0. The van der Waals surface area contributed by atoms with Crippen LogP contribution in [0.5, 0.6) is 0 Å². The number of rotatable bonds is 0. The van der Waals surface area contributed by atoms with E-state index in [1.807, 2.05) is 0 Å². The van der Waals surface area contributed by atoms with Gasteiger partial charge >= 0.3 is 36.8 Å². The molecule has 0 saturated heterocycles. The van der Waals surface area contributed by atoms with E-state index in [0.29, 0.717) is 0 Å². The standard InChI is InChI=1S/H3O4P.4O.Os/c1-5(2,3)4;;;;;/h(H3,1,2,3,4);;;;;. The van der Waals surface area contributed by atoms with Gasteiger partial charge in [0, 0.05) is 0 Å². The molecule has 0 unspecified atom stereocenters. The molecule has 0 aromatic rings. The zero-order chi connectivity index (χ0) is 9.00.